The molecule has 0 aromatic heterocycles. The van der Waals surface area contributed by atoms with Gasteiger partial charge < -0.3 is 15.3 Å². The minimum absolute atomic E-state index is 0.0696. The Labute approximate surface area is 155 Å². The molecule has 1 rings (SSSR count). The van der Waals surface area contributed by atoms with Crippen LogP contribution in [0, 0.1) is 11.3 Å². The first-order valence-electron chi connectivity index (χ1n) is 8.85. The lowest BCUT2D eigenvalue weighted by Crippen LogP contribution is -2.30. The van der Waals surface area contributed by atoms with E-state index in [1.54, 1.807) is 6.20 Å². The Morgan fingerprint density at radius 1 is 1.23 bits per heavy atom. The van der Waals surface area contributed by atoms with Gasteiger partial charge in [0.15, 0.2) is 0 Å². The number of unbranched alkanes of at least 4 members (excludes halogenated alkanes) is 2. The van der Waals surface area contributed by atoms with Crippen LogP contribution in [0.15, 0.2) is 42.1 Å². The average molecular weight is 357 g/mol. The van der Waals surface area contributed by atoms with Crippen LogP contribution < -0.4 is 5.32 Å². The van der Waals surface area contributed by atoms with Crippen molar-refractivity contribution in [1.82, 2.24) is 10.2 Å². The van der Waals surface area contributed by atoms with E-state index in [0.29, 0.717) is 25.9 Å². The first-order valence-corrected chi connectivity index (χ1v) is 8.85. The van der Waals surface area contributed by atoms with Gasteiger partial charge in [-0.05, 0) is 32.3 Å². The summed E-state index contributed by atoms with van der Waals surface area (Å²) in [6.07, 6.45) is 3.75. The molecule has 0 aliphatic rings. The maximum atomic E-state index is 12.2. The SMILES string of the molecule is CC(C)N(/C=C(/C#N)C(=O)NCCCCCC(=O)O)Cc1ccccc1. The number of hydrogen-bond acceptors (Lipinski definition) is 4. The van der Waals surface area contributed by atoms with Gasteiger partial charge in [0.05, 0.1) is 0 Å². The predicted octanol–water partition coefficient (Wildman–Crippen LogP) is 3.07. The molecule has 2 N–H and O–H groups in total. The fourth-order valence-electron chi connectivity index (χ4n) is 2.35. The number of amides is 1. The third kappa shape index (κ3) is 8.34. The van der Waals surface area contributed by atoms with Crippen LogP contribution in [0.25, 0.3) is 0 Å². The Morgan fingerprint density at radius 2 is 1.92 bits per heavy atom. The van der Waals surface area contributed by atoms with Crippen molar-refractivity contribution in [1.29, 1.82) is 5.26 Å². The van der Waals surface area contributed by atoms with Crippen molar-refractivity contribution in [2.24, 2.45) is 0 Å². The van der Waals surface area contributed by atoms with Crippen LogP contribution in [0.5, 0.6) is 0 Å². The molecule has 0 spiro atoms. The molecule has 0 aliphatic heterocycles. The topological polar surface area (TPSA) is 93.4 Å². The van der Waals surface area contributed by atoms with Crippen LogP contribution in [-0.2, 0) is 16.1 Å². The van der Waals surface area contributed by atoms with Gasteiger partial charge in [0.25, 0.3) is 5.91 Å². The van der Waals surface area contributed by atoms with Crippen molar-refractivity contribution in [2.75, 3.05) is 6.54 Å². The number of rotatable bonds is 11. The second-order valence-electron chi connectivity index (χ2n) is 6.37. The third-order valence-corrected chi connectivity index (χ3v) is 3.88. The molecule has 140 valence electrons. The molecule has 0 radical (unpaired) electrons. The van der Waals surface area contributed by atoms with Gasteiger partial charge >= 0.3 is 5.97 Å². The third-order valence-electron chi connectivity index (χ3n) is 3.88. The lowest BCUT2D eigenvalue weighted by atomic mass is 10.1. The lowest BCUT2D eigenvalue weighted by Gasteiger charge is -2.25. The van der Waals surface area contributed by atoms with Crippen molar-refractivity contribution in [3.8, 4) is 6.07 Å². The normalized spacial score (nSPS) is 11.1. The molecule has 0 atom stereocenters. The summed E-state index contributed by atoms with van der Waals surface area (Å²) in [5.74, 6) is -1.21. The van der Waals surface area contributed by atoms with Crippen LogP contribution in [0.1, 0.15) is 45.1 Å². The van der Waals surface area contributed by atoms with Crippen LogP contribution in [0.2, 0.25) is 0 Å². The van der Waals surface area contributed by atoms with E-state index in [2.05, 4.69) is 5.32 Å². The molecule has 6 nitrogen and oxygen atoms in total. The van der Waals surface area contributed by atoms with E-state index < -0.39 is 11.9 Å². The molecule has 0 fully saturated rings. The number of carbonyl (C=O) groups excluding carboxylic acids is 1. The zero-order valence-electron chi connectivity index (χ0n) is 15.4. The maximum absolute atomic E-state index is 12.2. The van der Waals surface area contributed by atoms with E-state index in [1.165, 1.54) is 0 Å². The van der Waals surface area contributed by atoms with Gasteiger partial charge in [-0.15, -0.1) is 0 Å². The molecule has 1 amide bonds. The molecule has 0 saturated heterocycles. The van der Waals surface area contributed by atoms with E-state index in [0.717, 1.165) is 12.0 Å². The summed E-state index contributed by atoms with van der Waals surface area (Å²) in [5, 5.41) is 20.6. The van der Waals surface area contributed by atoms with Crippen LogP contribution in [0.3, 0.4) is 0 Å². The zero-order chi connectivity index (χ0) is 19.4. The van der Waals surface area contributed by atoms with Crippen molar-refractivity contribution in [2.45, 2.75) is 52.1 Å². The molecule has 1 aromatic rings. The molecule has 0 saturated carbocycles. The highest BCUT2D eigenvalue weighted by Crippen LogP contribution is 2.11. The number of benzene rings is 1. The highest BCUT2D eigenvalue weighted by atomic mass is 16.4. The minimum Gasteiger partial charge on any atom is -0.481 e. The van der Waals surface area contributed by atoms with Gasteiger partial charge in [-0.3, -0.25) is 9.59 Å². The van der Waals surface area contributed by atoms with Crippen molar-refractivity contribution in [3.05, 3.63) is 47.7 Å². The molecule has 1 aromatic carbocycles. The van der Waals surface area contributed by atoms with Gasteiger partial charge in [-0.1, -0.05) is 36.8 Å². The number of aliphatic carboxylic acids is 1. The Bertz CT molecular complexity index is 648. The highest BCUT2D eigenvalue weighted by molar-refractivity contribution is 5.97. The molecule has 0 unspecified atom stereocenters. The molecule has 0 aliphatic carbocycles. The number of nitrogens with zero attached hydrogens (tertiary/aromatic N) is 2. The summed E-state index contributed by atoms with van der Waals surface area (Å²) >= 11 is 0. The van der Waals surface area contributed by atoms with Crippen LogP contribution in [-0.4, -0.2) is 34.5 Å². The monoisotopic (exact) mass is 357 g/mol. The van der Waals surface area contributed by atoms with Crippen LogP contribution in [0.4, 0.5) is 0 Å². The van der Waals surface area contributed by atoms with E-state index >= 15 is 0 Å². The van der Waals surface area contributed by atoms with E-state index in [4.69, 9.17) is 5.11 Å². The average Bonchev–Trinajstić information content (AvgIpc) is 2.61. The van der Waals surface area contributed by atoms with Crippen molar-refractivity contribution >= 4 is 11.9 Å². The smallest absolute Gasteiger partial charge is 0.303 e. The maximum Gasteiger partial charge on any atom is 0.303 e. The zero-order valence-corrected chi connectivity index (χ0v) is 15.4. The number of nitrogens with one attached hydrogen (secondary N) is 1. The Balaban J connectivity index is 2.58. The predicted molar refractivity (Wildman–Crippen MR) is 99.9 cm³/mol. The van der Waals surface area contributed by atoms with Crippen LogP contribution >= 0.6 is 0 Å². The summed E-state index contributed by atoms with van der Waals surface area (Å²) in [4.78, 5) is 24.6. The molecular formula is C20H27N3O3. The summed E-state index contributed by atoms with van der Waals surface area (Å²) in [6, 6.07) is 12.0. The molecule has 26 heavy (non-hydrogen) atoms. The number of carbonyl (C=O) groups is 2. The van der Waals surface area contributed by atoms with Crippen molar-refractivity contribution < 1.29 is 14.7 Å². The number of nitriles is 1. The second-order valence-corrected chi connectivity index (χ2v) is 6.37. The molecule has 0 heterocycles. The first kappa shape index (κ1) is 21.2. The van der Waals surface area contributed by atoms with Gasteiger partial charge in [0.1, 0.15) is 11.6 Å². The lowest BCUT2D eigenvalue weighted by molar-refractivity contribution is -0.137. The second kappa shape index (κ2) is 11.7. The number of carboxylic acid groups (broad SMARTS) is 1. The van der Waals surface area contributed by atoms with Crippen molar-refractivity contribution in [3.63, 3.8) is 0 Å². The van der Waals surface area contributed by atoms with E-state index in [-0.39, 0.29) is 18.0 Å². The molecule has 6 heteroatoms. The minimum atomic E-state index is -0.809. The summed E-state index contributed by atoms with van der Waals surface area (Å²) in [5.41, 5.74) is 1.17. The van der Waals surface area contributed by atoms with Gasteiger partial charge in [-0.25, -0.2) is 0 Å². The van der Waals surface area contributed by atoms with E-state index in [1.807, 2.05) is 55.1 Å². The van der Waals surface area contributed by atoms with E-state index in [9.17, 15) is 14.9 Å². The number of carboxylic acids is 1. The van der Waals surface area contributed by atoms with Gasteiger partial charge in [0.2, 0.25) is 0 Å². The first-order chi connectivity index (χ1) is 12.4. The molecular weight excluding hydrogens is 330 g/mol. The Kier molecular flexibility index (Phi) is 9.55. The largest absolute Gasteiger partial charge is 0.481 e. The number of hydrogen-bond donors (Lipinski definition) is 2. The fourth-order valence-corrected chi connectivity index (χ4v) is 2.35. The Hall–Kier alpha value is -2.81. The quantitative estimate of drug-likeness (QED) is 0.361. The highest BCUT2D eigenvalue weighted by Gasteiger charge is 2.13. The fraction of sp³-hybridized carbons (Fsp3) is 0.450. The molecule has 0 bridgehead atoms. The summed E-state index contributed by atoms with van der Waals surface area (Å²) in [6.45, 7) is 5.06. The summed E-state index contributed by atoms with van der Waals surface area (Å²) in [7, 11) is 0. The van der Waals surface area contributed by atoms with Gasteiger partial charge in [-0.2, -0.15) is 5.26 Å². The standard InChI is InChI=1S/C20H27N3O3/c1-16(2)23(14-17-9-5-3-6-10-17)15-18(13-21)20(26)22-12-8-4-7-11-19(24)25/h3,5-6,9-10,15-16H,4,7-8,11-12,14H2,1-2H3,(H,22,26)(H,24,25)/b18-15-. The van der Waals surface area contributed by atoms with Gasteiger partial charge in [0, 0.05) is 31.8 Å². The Morgan fingerprint density at radius 3 is 2.50 bits per heavy atom. The summed E-state index contributed by atoms with van der Waals surface area (Å²) < 4.78 is 0.